The predicted octanol–water partition coefficient (Wildman–Crippen LogP) is 4.94. The van der Waals surface area contributed by atoms with E-state index in [1.165, 1.54) is 13.2 Å². The monoisotopic (exact) mass is 446 g/mol. The van der Waals surface area contributed by atoms with Gasteiger partial charge in [0.15, 0.2) is 17.3 Å². The molecule has 0 aliphatic carbocycles. The highest BCUT2D eigenvalue weighted by molar-refractivity contribution is 6.14. The lowest BCUT2D eigenvalue weighted by Crippen LogP contribution is -2.11. The van der Waals surface area contributed by atoms with Crippen LogP contribution in [-0.4, -0.2) is 32.6 Å². The molecule has 0 saturated carbocycles. The number of esters is 1. The van der Waals surface area contributed by atoms with E-state index in [-0.39, 0.29) is 17.3 Å². The van der Waals surface area contributed by atoms with Gasteiger partial charge in [-0.2, -0.15) is 0 Å². The van der Waals surface area contributed by atoms with Crippen LogP contribution < -0.4 is 23.7 Å². The summed E-state index contributed by atoms with van der Waals surface area (Å²) in [5, 5.41) is 0. The van der Waals surface area contributed by atoms with E-state index in [1.807, 2.05) is 6.92 Å². The summed E-state index contributed by atoms with van der Waals surface area (Å²) < 4.78 is 27.5. The molecule has 168 valence electrons. The van der Waals surface area contributed by atoms with E-state index in [4.69, 9.17) is 23.7 Å². The quantitative estimate of drug-likeness (QED) is 0.289. The van der Waals surface area contributed by atoms with Crippen molar-refractivity contribution in [2.75, 3.05) is 20.8 Å². The number of carbonyl (C=O) groups excluding carboxylic acids is 2. The van der Waals surface area contributed by atoms with Crippen LogP contribution in [0.3, 0.4) is 0 Å². The van der Waals surface area contributed by atoms with Gasteiger partial charge < -0.3 is 23.7 Å². The van der Waals surface area contributed by atoms with Crippen LogP contribution in [0.5, 0.6) is 28.7 Å². The summed E-state index contributed by atoms with van der Waals surface area (Å²) in [4.78, 5) is 25.7. The van der Waals surface area contributed by atoms with Crippen LogP contribution in [0, 0.1) is 0 Å². The Morgan fingerprint density at radius 3 is 2.39 bits per heavy atom. The Hall–Kier alpha value is -4.26. The number of carbonyl (C=O) groups is 2. The molecule has 0 saturated heterocycles. The fourth-order valence-corrected chi connectivity index (χ4v) is 3.34. The van der Waals surface area contributed by atoms with Crippen molar-refractivity contribution >= 4 is 17.8 Å². The Morgan fingerprint density at radius 2 is 1.70 bits per heavy atom. The van der Waals surface area contributed by atoms with Crippen molar-refractivity contribution in [3.8, 4) is 28.7 Å². The fourth-order valence-electron chi connectivity index (χ4n) is 3.34. The minimum atomic E-state index is -0.573. The van der Waals surface area contributed by atoms with Gasteiger partial charge in [0.25, 0.3) is 0 Å². The highest BCUT2D eigenvalue weighted by atomic mass is 16.6. The number of rotatable bonds is 7. The number of hydrogen-bond acceptors (Lipinski definition) is 7. The summed E-state index contributed by atoms with van der Waals surface area (Å²) in [7, 11) is 3.09. The number of allylic oxidation sites excluding steroid dienone is 1. The van der Waals surface area contributed by atoms with Crippen molar-refractivity contribution in [1.82, 2.24) is 0 Å². The molecule has 0 atom stereocenters. The van der Waals surface area contributed by atoms with Crippen molar-refractivity contribution in [3.05, 3.63) is 83.1 Å². The summed E-state index contributed by atoms with van der Waals surface area (Å²) >= 11 is 0. The zero-order chi connectivity index (χ0) is 23.4. The van der Waals surface area contributed by atoms with Crippen LogP contribution in [-0.2, 0) is 0 Å². The standard InChI is InChI=1S/C26H22O7/c1-4-31-21-7-5-6-17(25(21)33-26(28)16-8-10-18(29-2)11-9-16)14-23-24(27)20-13-12-19(30-3)15-22(20)32-23/h5-15H,4H2,1-3H3/b23-14-. The first kappa shape index (κ1) is 22.0. The first-order chi connectivity index (χ1) is 16.0. The third-order valence-corrected chi connectivity index (χ3v) is 4.99. The molecule has 0 fully saturated rings. The lowest BCUT2D eigenvalue weighted by molar-refractivity contribution is 0.0728. The van der Waals surface area contributed by atoms with E-state index in [2.05, 4.69) is 0 Å². The highest BCUT2D eigenvalue weighted by Gasteiger charge is 2.28. The number of fused-ring (bicyclic) bond motifs is 1. The first-order valence-electron chi connectivity index (χ1n) is 10.3. The number of benzene rings is 3. The molecule has 0 bridgehead atoms. The molecule has 7 heteroatoms. The van der Waals surface area contributed by atoms with Crippen molar-refractivity contribution < 1.29 is 33.3 Å². The minimum Gasteiger partial charge on any atom is -0.497 e. The van der Waals surface area contributed by atoms with E-state index >= 15 is 0 Å². The van der Waals surface area contributed by atoms with Gasteiger partial charge in [-0.3, -0.25) is 4.79 Å². The number of hydrogen-bond donors (Lipinski definition) is 0. The molecule has 3 aromatic rings. The molecular formula is C26H22O7. The molecule has 0 aromatic heterocycles. The maximum absolute atomic E-state index is 12.8. The fraction of sp³-hybridized carbons (Fsp3) is 0.154. The molecule has 0 unspecified atom stereocenters. The highest BCUT2D eigenvalue weighted by Crippen LogP contribution is 2.38. The predicted molar refractivity (Wildman–Crippen MR) is 121 cm³/mol. The van der Waals surface area contributed by atoms with Crippen LogP contribution >= 0.6 is 0 Å². The molecule has 1 aliphatic rings. The summed E-state index contributed by atoms with van der Waals surface area (Å²) in [6.07, 6.45) is 1.54. The molecule has 3 aromatic carbocycles. The van der Waals surface area contributed by atoms with Gasteiger partial charge in [0.2, 0.25) is 5.78 Å². The third-order valence-electron chi connectivity index (χ3n) is 4.99. The van der Waals surface area contributed by atoms with Gasteiger partial charge in [-0.25, -0.2) is 4.79 Å². The summed E-state index contributed by atoms with van der Waals surface area (Å²) in [6.45, 7) is 2.20. The minimum absolute atomic E-state index is 0.105. The average molecular weight is 446 g/mol. The van der Waals surface area contributed by atoms with Crippen molar-refractivity contribution in [2.24, 2.45) is 0 Å². The van der Waals surface area contributed by atoms with Crippen molar-refractivity contribution in [1.29, 1.82) is 0 Å². The maximum atomic E-state index is 12.8. The Labute approximate surface area is 191 Å². The maximum Gasteiger partial charge on any atom is 0.343 e. The molecule has 0 N–H and O–H groups in total. The number of para-hydroxylation sites is 1. The van der Waals surface area contributed by atoms with Crippen LogP contribution in [0.2, 0.25) is 0 Å². The van der Waals surface area contributed by atoms with Crippen LogP contribution in [0.15, 0.2) is 66.4 Å². The van der Waals surface area contributed by atoms with E-state index in [0.29, 0.717) is 46.3 Å². The smallest absolute Gasteiger partial charge is 0.343 e. The Balaban J connectivity index is 1.68. The lowest BCUT2D eigenvalue weighted by atomic mass is 10.1. The summed E-state index contributed by atoms with van der Waals surface area (Å²) in [6, 6.07) is 16.7. The van der Waals surface area contributed by atoms with Gasteiger partial charge in [-0.15, -0.1) is 0 Å². The number of Topliss-reactive ketones (excluding diaryl/α,β-unsaturated/α-hetero) is 1. The molecule has 4 rings (SSSR count). The van der Waals surface area contributed by atoms with Gasteiger partial charge >= 0.3 is 5.97 Å². The largest absolute Gasteiger partial charge is 0.497 e. The summed E-state index contributed by atoms with van der Waals surface area (Å²) in [5.41, 5.74) is 1.24. The van der Waals surface area contributed by atoms with Crippen LogP contribution in [0.1, 0.15) is 33.2 Å². The Morgan fingerprint density at radius 1 is 0.970 bits per heavy atom. The second-order valence-electron chi connectivity index (χ2n) is 7.03. The van der Waals surface area contributed by atoms with Gasteiger partial charge in [0.1, 0.15) is 17.2 Å². The van der Waals surface area contributed by atoms with Crippen LogP contribution in [0.4, 0.5) is 0 Å². The van der Waals surface area contributed by atoms with E-state index in [0.717, 1.165) is 0 Å². The summed E-state index contributed by atoms with van der Waals surface area (Å²) in [5.74, 6) is 1.43. The number of ketones is 1. The molecular weight excluding hydrogens is 424 g/mol. The van der Waals surface area contributed by atoms with Crippen molar-refractivity contribution in [2.45, 2.75) is 6.92 Å². The van der Waals surface area contributed by atoms with Crippen molar-refractivity contribution in [3.63, 3.8) is 0 Å². The van der Waals surface area contributed by atoms with Gasteiger partial charge in [0, 0.05) is 11.6 Å². The Bertz CT molecular complexity index is 1230. The molecule has 1 heterocycles. The first-order valence-corrected chi connectivity index (χ1v) is 10.3. The van der Waals surface area contributed by atoms with Gasteiger partial charge in [-0.1, -0.05) is 12.1 Å². The molecule has 0 amide bonds. The third kappa shape index (κ3) is 4.52. The van der Waals surface area contributed by atoms with Crippen LogP contribution in [0.25, 0.3) is 6.08 Å². The molecule has 0 radical (unpaired) electrons. The molecule has 0 spiro atoms. The lowest BCUT2D eigenvalue weighted by Gasteiger charge is -2.13. The number of ether oxygens (including phenoxy) is 5. The zero-order valence-corrected chi connectivity index (χ0v) is 18.4. The average Bonchev–Trinajstić information content (AvgIpc) is 3.15. The SMILES string of the molecule is CCOc1cccc(/C=C2\Oc3cc(OC)ccc3C2=O)c1OC(=O)c1ccc(OC)cc1. The van der Waals surface area contributed by atoms with E-state index in [9.17, 15) is 9.59 Å². The topological polar surface area (TPSA) is 80.3 Å². The number of methoxy groups -OCH3 is 2. The van der Waals surface area contributed by atoms with Gasteiger partial charge in [0.05, 0.1) is 32.0 Å². The Kier molecular flexibility index (Phi) is 6.31. The second kappa shape index (κ2) is 9.48. The normalized spacial score (nSPS) is 13.3. The molecule has 1 aliphatic heterocycles. The second-order valence-corrected chi connectivity index (χ2v) is 7.03. The van der Waals surface area contributed by atoms with E-state index in [1.54, 1.807) is 67.8 Å². The zero-order valence-electron chi connectivity index (χ0n) is 18.4. The van der Waals surface area contributed by atoms with E-state index < -0.39 is 5.97 Å². The molecule has 7 nitrogen and oxygen atoms in total. The van der Waals surface area contributed by atoms with Gasteiger partial charge in [-0.05, 0) is 55.5 Å². The molecule has 33 heavy (non-hydrogen) atoms.